The molecule has 1 unspecified atom stereocenters. The van der Waals surface area contributed by atoms with Gasteiger partial charge in [-0.3, -0.25) is 4.79 Å². The number of aromatic nitrogens is 1. The SMILES string of the molecule is CCC(C(=O)O)n1/c(=N/C(=O)c2ccc(C(F)(F)F)c(F)c2)sc2cc(F)c(F)cc21. The molecule has 5 nitrogen and oxygen atoms in total. The quantitative estimate of drug-likeness (QED) is 0.560. The van der Waals surface area contributed by atoms with E-state index < -0.39 is 52.7 Å². The van der Waals surface area contributed by atoms with Crippen molar-refractivity contribution in [3.63, 3.8) is 0 Å². The van der Waals surface area contributed by atoms with E-state index in [0.29, 0.717) is 23.5 Å². The first-order valence-corrected chi connectivity index (χ1v) is 9.44. The standard InChI is InChI=1S/C19H12F6N2O3S/c1-2-13(17(29)30)27-14-6-11(21)12(22)7-15(14)31-18(27)26-16(28)8-3-4-9(10(20)5-8)19(23,24)25/h3-7,13H,2H2,1H3,(H,29,30)/b26-18-. The Bertz CT molecular complexity index is 1260. The predicted molar refractivity (Wildman–Crippen MR) is 98.0 cm³/mol. The average Bonchev–Trinajstić information content (AvgIpc) is 2.98. The van der Waals surface area contributed by atoms with Crippen LogP contribution < -0.4 is 4.80 Å². The molecule has 12 heteroatoms. The summed E-state index contributed by atoms with van der Waals surface area (Å²) in [7, 11) is 0. The van der Waals surface area contributed by atoms with E-state index >= 15 is 0 Å². The van der Waals surface area contributed by atoms with E-state index in [1.54, 1.807) is 0 Å². The van der Waals surface area contributed by atoms with Gasteiger partial charge in [0.25, 0.3) is 5.91 Å². The fourth-order valence-corrected chi connectivity index (χ4v) is 3.99. The summed E-state index contributed by atoms with van der Waals surface area (Å²) < 4.78 is 80.4. The fourth-order valence-electron chi connectivity index (χ4n) is 2.91. The molecule has 0 spiro atoms. The molecule has 0 saturated heterocycles. The molecule has 31 heavy (non-hydrogen) atoms. The zero-order valence-corrected chi connectivity index (χ0v) is 16.3. The first-order valence-electron chi connectivity index (χ1n) is 8.62. The number of carboxylic acids is 1. The molecule has 0 aliphatic rings. The smallest absolute Gasteiger partial charge is 0.419 e. The number of nitrogens with zero attached hydrogens (tertiary/aromatic N) is 2. The molecule has 1 atom stereocenters. The number of carbonyl (C=O) groups is 2. The molecule has 0 radical (unpaired) electrons. The third kappa shape index (κ3) is 4.33. The van der Waals surface area contributed by atoms with Crippen LogP contribution in [0.25, 0.3) is 10.2 Å². The molecule has 0 aliphatic carbocycles. The first kappa shape index (κ1) is 22.5. The van der Waals surface area contributed by atoms with E-state index in [2.05, 4.69) is 4.99 Å². The van der Waals surface area contributed by atoms with Gasteiger partial charge in [0.05, 0.1) is 15.8 Å². The van der Waals surface area contributed by atoms with Gasteiger partial charge in [-0.1, -0.05) is 18.3 Å². The lowest BCUT2D eigenvalue weighted by Gasteiger charge is -2.13. The van der Waals surface area contributed by atoms with Gasteiger partial charge in [-0.25, -0.2) is 18.0 Å². The summed E-state index contributed by atoms with van der Waals surface area (Å²) >= 11 is 0.674. The van der Waals surface area contributed by atoms with Gasteiger partial charge in [-0.2, -0.15) is 18.2 Å². The monoisotopic (exact) mass is 462 g/mol. The van der Waals surface area contributed by atoms with Crippen molar-refractivity contribution in [2.45, 2.75) is 25.6 Å². The van der Waals surface area contributed by atoms with E-state index in [9.17, 15) is 41.0 Å². The van der Waals surface area contributed by atoms with Crippen LogP contribution in [0.3, 0.4) is 0 Å². The Morgan fingerprint density at radius 3 is 2.29 bits per heavy atom. The number of halogens is 6. The Balaban J connectivity index is 2.20. The molecule has 0 bridgehead atoms. The maximum absolute atomic E-state index is 13.8. The normalized spacial score (nSPS) is 13.6. The van der Waals surface area contributed by atoms with Gasteiger partial charge in [0, 0.05) is 11.6 Å². The van der Waals surface area contributed by atoms with Crippen LogP contribution in [0.5, 0.6) is 0 Å². The van der Waals surface area contributed by atoms with Crippen LogP contribution in [0.15, 0.2) is 35.3 Å². The molecular weight excluding hydrogens is 450 g/mol. The van der Waals surface area contributed by atoms with Crippen molar-refractivity contribution in [3.8, 4) is 0 Å². The van der Waals surface area contributed by atoms with Crippen LogP contribution in [0.4, 0.5) is 26.3 Å². The van der Waals surface area contributed by atoms with E-state index in [-0.39, 0.29) is 21.4 Å². The number of amides is 1. The first-order chi connectivity index (χ1) is 14.4. The molecular formula is C19H12F6N2O3S. The summed E-state index contributed by atoms with van der Waals surface area (Å²) in [4.78, 5) is 27.5. The molecule has 1 N–H and O–H groups in total. The molecule has 164 valence electrons. The minimum absolute atomic E-state index is 0.00352. The summed E-state index contributed by atoms with van der Waals surface area (Å²) in [5.74, 6) is -6.62. The minimum Gasteiger partial charge on any atom is -0.480 e. The second kappa shape index (κ2) is 8.17. The van der Waals surface area contributed by atoms with Crippen molar-refractivity contribution in [3.05, 3.63) is 63.7 Å². The number of carbonyl (C=O) groups excluding carboxylic acids is 1. The van der Waals surface area contributed by atoms with Crippen LogP contribution in [0, 0.1) is 17.5 Å². The lowest BCUT2D eigenvalue weighted by atomic mass is 10.1. The number of aliphatic carboxylic acids is 1. The highest BCUT2D eigenvalue weighted by atomic mass is 32.1. The number of fused-ring (bicyclic) bond motifs is 1. The third-order valence-corrected chi connectivity index (χ3v) is 5.39. The highest BCUT2D eigenvalue weighted by molar-refractivity contribution is 7.16. The minimum atomic E-state index is -4.96. The Kier molecular flexibility index (Phi) is 5.94. The van der Waals surface area contributed by atoms with Crippen molar-refractivity contribution < 1.29 is 41.0 Å². The second-order valence-electron chi connectivity index (χ2n) is 6.36. The molecule has 1 heterocycles. The van der Waals surface area contributed by atoms with E-state index in [1.807, 2.05) is 0 Å². The molecule has 3 aromatic rings. The van der Waals surface area contributed by atoms with Gasteiger partial charge in [-0.05, 0) is 30.7 Å². The largest absolute Gasteiger partial charge is 0.480 e. The highest BCUT2D eigenvalue weighted by Crippen LogP contribution is 2.31. The molecule has 2 aromatic carbocycles. The number of carboxylic acid groups (broad SMARTS) is 1. The number of benzene rings is 2. The van der Waals surface area contributed by atoms with Gasteiger partial charge in [0.2, 0.25) is 0 Å². The summed E-state index contributed by atoms with van der Waals surface area (Å²) in [5, 5.41) is 9.48. The summed E-state index contributed by atoms with van der Waals surface area (Å²) in [5.41, 5.74) is -2.12. The zero-order chi connectivity index (χ0) is 23.1. The number of alkyl halides is 3. The number of hydrogen-bond donors (Lipinski definition) is 1. The van der Waals surface area contributed by atoms with E-state index in [0.717, 1.165) is 22.8 Å². The maximum Gasteiger partial charge on any atom is 0.419 e. The highest BCUT2D eigenvalue weighted by Gasteiger charge is 2.34. The Morgan fingerprint density at radius 2 is 1.74 bits per heavy atom. The lowest BCUT2D eigenvalue weighted by molar-refractivity contribution is -0.141. The topological polar surface area (TPSA) is 71.7 Å². The number of hydrogen-bond acceptors (Lipinski definition) is 3. The zero-order valence-electron chi connectivity index (χ0n) is 15.5. The van der Waals surface area contributed by atoms with Gasteiger partial charge >= 0.3 is 12.1 Å². The maximum atomic E-state index is 13.8. The van der Waals surface area contributed by atoms with Crippen LogP contribution in [-0.2, 0) is 11.0 Å². The van der Waals surface area contributed by atoms with Crippen molar-refractivity contribution >= 4 is 33.4 Å². The fraction of sp³-hybridized carbons (Fsp3) is 0.211. The predicted octanol–water partition coefficient (Wildman–Crippen LogP) is 4.92. The Labute approximate surface area is 173 Å². The lowest BCUT2D eigenvalue weighted by Crippen LogP contribution is -2.27. The molecule has 0 fully saturated rings. The number of thiazole rings is 1. The summed E-state index contributed by atoms with van der Waals surface area (Å²) in [6, 6.07) is 1.74. The molecule has 1 aromatic heterocycles. The van der Waals surface area contributed by atoms with Crippen molar-refractivity contribution in [1.82, 2.24) is 4.57 Å². The van der Waals surface area contributed by atoms with Crippen LogP contribution in [-0.4, -0.2) is 21.6 Å². The van der Waals surface area contributed by atoms with Gasteiger partial charge < -0.3 is 9.67 Å². The summed E-state index contributed by atoms with van der Waals surface area (Å²) in [6.07, 6.45) is -4.96. The molecule has 0 aliphatic heterocycles. The molecule has 3 rings (SSSR count). The molecule has 0 saturated carbocycles. The van der Waals surface area contributed by atoms with Crippen molar-refractivity contribution in [1.29, 1.82) is 0 Å². The number of rotatable bonds is 4. The van der Waals surface area contributed by atoms with Crippen molar-refractivity contribution in [2.24, 2.45) is 4.99 Å². The van der Waals surface area contributed by atoms with Crippen LogP contribution in [0.1, 0.15) is 35.3 Å². The van der Waals surface area contributed by atoms with Gasteiger partial charge in [0.1, 0.15) is 11.9 Å². The van der Waals surface area contributed by atoms with E-state index in [4.69, 9.17) is 0 Å². The third-order valence-electron chi connectivity index (χ3n) is 4.37. The van der Waals surface area contributed by atoms with Gasteiger partial charge in [-0.15, -0.1) is 0 Å². The van der Waals surface area contributed by atoms with Gasteiger partial charge in [0.15, 0.2) is 16.4 Å². The Morgan fingerprint density at radius 1 is 1.10 bits per heavy atom. The second-order valence-corrected chi connectivity index (χ2v) is 7.37. The Hall–Kier alpha value is -3.15. The van der Waals surface area contributed by atoms with Crippen LogP contribution in [0.2, 0.25) is 0 Å². The van der Waals surface area contributed by atoms with E-state index in [1.165, 1.54) is 6.92 Å². The van der Waals surface area contributed by atoms with Crippen molar-refractivity contribution in [2.75, 3.05) is 0 Å². The summed E-state index contributed by atoms with van der Waals surface area (Å²) in [6.45, 7) is 1.51. The average molecular weight is 462 g/mol. The molecule has 1 amide bonds. The van der Waals surface area contributed by atoms with Crippen LogP contribution >= 0.6 is 11.3 Å².